The molecule has 0 bridgehead atoms. The Morgan fingerprint density at radius 2 is 1.98 bits per heavy atom. The number of halogens is 1. The highest BCUT2D eigenvalue weighted by Crippen LogP contribution is 2.34. The van der Waals surface area contributed by atoms with Gasteiger partial charge in [-0.3, -0.25) is 9.69 Å². The molecule has 0 spiro atoms. The molecule has 5 heterocycles. The SMILES string of the molecule is Cc1cc(-c2nc3ncc(Br)c(NC4CCNCC4)c3[nH]2)c(C)n1-c1cccc(NC(=O)CN2CCOCC2)c1. The second-order valence-electron chi connectivity index (χ2n) is 10.5. The van der Waals surface area contributed by atoms with Crippen molar-refractivity contribution in [1.82, 2.24) is 29.7 Å². The fraction of sp³-hybridized carbons (Fsp3) is 0.414. The van der Waals surface area contributed by atoms with E-state index in [2.05, 4.69) is 77.3 Å². The number of nitrogens with zero attached hydrogens (tertiary/aromatic N) is 4. The first-order valence-electron chi connectivity index (χ1n) is 13.9. The molecule has 3 aromatic heterocycles. The van der Waals surface area contributed by atoms with E-state index in [0.717, 1.165) is 88.8 Å². The first-order valence-corrected chi connectivity index (χ1v) is 14.7. The second kappa shape index (κ2) is 11.7. The zero-order chi connectivity index (χ0) is 27.6. The molecule has 11 heteroatoms. The molecule has 0 unspecified atom stereocenters. The number of H-pyrrole nitrogens is 1. The number of carbonyl (C=O) groups excluding carboxylic acids is 1. The number of aromatic nitrogens is 4. The van der Waals surface area contributed by atoms with Crippen LogP contribution < -0.4 is 16.0 Å². The summed E-state index contributed by atoms with van der Waals surface area (Å²) in [6, 6.07) is 10.5. The van der Waals surface area contributed by atoms with Crippen molar-refractivity contribution < 1.29 is 9.53 Å². The van der Waals surface area contributed by atoms with Gasteiger partial charge >= 0.3 is 0 Å². The Hall–Kier alpha value is -3.25. The van der Waals surface area contributed by atoms with Gasteiger partial charge in [0.15, 0.2) is 5.65 Å². The van der Waals surface area contributed by atoms with E-state index in [4.69, 9.17) is 9.72 Å². The van der Waals surface area contributed by atoms with Crippen LogP contribution in [0.4, 0.5) is 11.4 Å². The van der Waals surface area contributed by atoms with Crippen molar-refractivity contribution in [3.8, 4) is 17.1 Å². The molecule has 0 atom stereocenters. The number of pyridine rings is 1. The summed E-state index contributed by atoms with van der Waals surface area (Å²) in [6.45, 7) is 9.48. The lowest BCUT2D eigenvalue weighted by atomic mass is 10.1. The highest BCUT2D eigenvalue weighted by molar-refractivity contribution is 9.10. The number of morpholine rings is 1. The second-order valence-corrected chi connectivity index (χ2v) is 11.4. The third-order valence-corrected chi connectivity index (χ3v) is 8.31. The number of carbonyl (C=O) groups is 1. The molecule has 0 saturated carbocycles. The van der Waals surface area contributed by atoms with Crippen LogP contribution in [0.15, 0.2) is 41.0 Å². The smallest absolute Gasteiger partial charge is 0.238 e. The van der Waals surface area contributed by atoms with Gasteiger partial charge in [-0.2, -0.15) is 0 Å². The number of hydrogen-bond donors (Lipinski definition) is 4. The van der Waals surface area contributed by atoms with Crippen LogP contribution in [0, 0.1) is 13.8 Å². The standard InChI is InChI=1S/C29H35BrN8O2/c1-18-14-23(28-35-27-26(24(30)16-32-29(27)36-28)34-20-6-8-31-9-7-20)19(2)38(18)22-5-3-4-21(15-22)33-25(39)17-37-10-12-40-13-11-37/h3-5,14-16,20,31H,6-13,17H2,1-2H3,(H,33,39)(H2,32,34,35,36). The van der Waals surface area contributed by atoms with Crippen molar-refractivity contribution in [3.05, 3.63) is 52.4 Å². The van der Waals surface area contributed by atoms with Crippen LogP contribution in [-0.4, -0.2) is 82.3 Å². The number of piperidine rings is 1. The van der Waals surface area contributed by atoms with Crippen molar-refractivity contribution in [2.75, 3.05) is 56.6 Å². The lowest BCUT2D eigenvalue weighted by molar-refractivity contribution is -0.118. The van der Waals surface area contributed by atoms with Gasteiger partial charge in [-0.25, -0.2) is 9.97 Å². The topological polar surface area (TPSA) is 112 Å². The number of amides is 1. The van der Waals surface area contributed by atoms with E-state index in [1.54, 1.807) is 0 Å². The number of ether oxygens (including phenoxy) is 1. The minimum Gasteiger partial charge on any atom is -0.379 e. The predicted molar refractivity (Wildman–Crippen MR) is 161 cm³/mol. The molecule has 10 nitrogen and oxygen atoms in total. The normalized spacial score (nSPS) is 16.9. The minimum absolute atomic E-state index is 0.0180. The molecule has 1 amide bonds. The molecule has 2 aliphatic heterocycles. The monoisotopic (exact) mass is 606 g/mol. The number of aromatic amines is 1. The fourth-order valence-electron chi connectivity index (χ4n) is 5.66. The molecule has 1 aromatic carbocycles. The zero-order valence-electron chi connectivity index (χ0n) is 22.9. The summed E-state index contributed by atoms with van der Waals surface area (Å²) < 4.78 is 8.50. The van der Waals surface area contributed by atoms with E-state index in [1.807, 2.05) is 24.4 Å². The lowest BCUT2D eigenvalue weighted by Gasteiger charge is -2.25. The van der Waals surface area contributed by atoms with Gasteiger partial charge in [0.05, 0.1) is 29.9 Å². The van der Waals surface area contributed by atoms with Crippen molar-refractivity contribution in [2.24, 2.45) is 0 Å². The molecule has 4 N–H and O–H groups in total. The highest BCUT2D eigenvalue weighted by Gasteiger charge is 2.21. The van der Waals surface area contributed by atoms with Gasteiger partial charge in [0.1, 0.15) is 11.3 Å². The molecule has 2 aliphatic rings. The van der Waals surface area contributed by atoms with Crippen LogP contribution in [0.3, 0.4) is 0 Å². The van der Waals surface area contributed by atoms with E-state index >= 15 is 0 Å². The molecule has 4 aromatic rings. The quantitative estimate of drug-likeness (QED) is 0.249. The van der Waals surface area contributed by atoms with Crippen LogP contribution in [0.2, 0.25) is 0 Å². The third-order valence-electron chi connectivity index (χ3n) is 7.71. The van der Waals surface area contributed by atoms with E-state index in [0.29, 0.717) is 31.4 Å². The predicted octanol–water partition coefficient (Wildman–Crippen LogP) is 4.23. The van der Waals surface area contributed by atoms with Crippen molar-refractivity contribution >= 4 is 44.4 Å². The van der Waals surface area contributed by atoms with Gasteiger partial charge in [0.25, 0.3) is 0 Å². The summed E-state index contributed by atoms with van der Waals surface area (Å²) >= 11 is 3.69. The molecule has 2 saturated heterocycles. The summed E-state index contributed by atoms with van der Waals surface area (Å²) in [5.74, 6) is 0.763. The van der Waals surface area contributed by atoms with Gasteiger partial charge < -0.3 is 30.2 Å². The summed E-state index contributed by atoms with van der Waals surface area (Å²) in [5.41, 5.74) is 7.49. The van der Waals surface area contributed by atoms with E-state index in [9.17, 15) is 4.79 Å². The Kier molecular flexibility index (Phi) is 7.88. The number of rotatable bonds is 7. The number of anilines is 2. The van der Waals surface area contributed by atoms with Gasteiger partial charge in [-0.05, 0) is 80.0 Å². The molecule has 2 fully saturated rings. The number of fused-ring (bicyclic) bond motifs is 1. The summed E-state index contributed by atoms with van der Waals surface area (Å²) in [5, 5.41) is 10.2. The Morgan fingerprint density at radius 1 is 1.18 bits per heavy atom. The molecular weight excluding hydrogens is 572 g/mol. The maximum absolute atomic E-state index is 12.7. The lowest BCUT2D eigenvalue weighted by Crippen LogP contribution is -2.41. The molecule has 0 aliphatic carbocycles. The number of hydrogen-bond acceptors (Lipinski definition) is 7. The molecule has 40 heavy (non-hydrogen) atoms. The average molecular weight is 608 g/mol. The number of imidazole rings is 1. The first-order chi connectivity index (χ1) is 19.5. The Morgan fingerprint density at radius 3 is 2.77 bits per heavy atom. The van der Waals surface area contributed by atoms with Gasteiger partial charge in [0.2, 0.25) is 5.91 Å². The maximum Gasteiger partial charge on any atom is 0.238 e. The van der Waals surface area contributed by atoms with Gasteiger partial charge in [-0.1, -0.05) is 6.07 Å². The summed E-state index contributed by atoms with van der Waals surface area (Å²) in [6.07, 6.45) is 3.97. The van der Waals surface area contributed by atoms with Gasteiger partial charge in [0, 0.05) is 53.7 Å². The van der Waals surface area contributed by atoms with E-state index < -0.39 is 0 Å². The first kappa shape index (κ1) is 26.9. The van der Waals surface area contributed by atoms with Gasteiger partial charge in [-0.15, -0.1) is 0 Å². The summed E-state index contributed by atoms with van der Waals surface area (Å²) in [4.78, 5) is 27.8. The Bertz CT molecular complexity index is 1520. The molecular formula is C29H35BrN8O2. The van der Waals surface area contributed by atoms with Crippen LogP contribution >= 0.6 is 15.9 Å². The van der Waals surface area contributed by atoms with Crippen LogP contribution in [-0.2, 0) is 9.53 Å². The van der Waals surface area contributed by atoms with Crippen molar-refractivity contribution in [3.63, 3.8) is 0 Å². The van der Waals surface area contributed by atoms with Crippen LogP contribution in [0.1, 0.15) is 24.2 Å². The molecule has 210 valence electrons. The molecule has 6 rings (SSSR count). The maximum atomic E-state index is 12.7. The Balaban J connectivity index is 1.26. The van der Waals surface area contributed by atoms with Crippen LogP contribution in [0.25, 0.3) is 28.2 Å². The van der Waals surface area contributed by atoms with Crippen molar-refractivity contribution in [1.29, 1.82) is 0 Å². The fourth-order valence-corrected chi connectivity index (χ4v) is 6.07. The van der Waals surface area contributed by atoms with Crippen molar-refractivity contribution in [2.45, 2.75) is 32.7 Å². The highest BCUT2D eigenvalue weighted by atomic mass is 79.9. The van der Waals surface area contributed by atoms with E-state index in [1.165, 1.54) is 0 Å². The molecule has 0 radical (unpaired) electrons. The number of aryl methyl sites for hydroxylation is 1. The minimum atomic E-state index is -0.0180. The number of benzene rings is 1. The largest absolute Gasteiger partial charge is 0.379 e. The number of nitrogens with one attached hydrogen (secondary N) is 4. The summed E-state index contributed by atoms with van der Waals surface area (Å²) in [7, 11) is 0. The zero-order valence-corrected chi connectivity index (χ0v) is 24.5. The van der Waals surface area contributed by atoms with Crippen LogP contribution in [0.5, 0.6) is 0 Å². The van der Waals surface area contributed by atoms with E-state index in [-0.39, 0.29) is 5.91 Å². The third kappa shape index (κ3) is 5.64. The average Bonchev–Trinajstić information content (AvgIpc) is 3.51. The Labute approximate surface area is 242 Å².